The first-order valence-corrected chi connectivity index (χ1v) is 7.56. The van der Waals surface area contributed by atoms with Crippen LogP contribution >= 0.6 is 12.9 Å². The zero-order valence-electron chi connectivity index (χ0n) is 13.8. The van der Waals surface area contributed by atoms with E-state index in [1.54, 1.807) is 0 Å². The lowest BCUT2D eigenvalue weighted by Crippen LogP contribution is -2.36. The molecule has 1 rings (SSSR count). The molecule has 1 aromatic rings. The van der Waals surface area contributed by atoms with Crippen LogP contribution in [0.2, 0.25) is 0 Å². The average Bonchev–Trinajstić information content (AvgIpc) is 2.50. The van der Waals surface area contributed by atoms with E-state index in [1.165, 1.54) is 0 Å². The topological polar surface area (TPSA) is 21.3 Å². The molecule has 0 heterocycles. The summed E-state index contributed by atoms with van der Waals surface area (Å²) in [4.78, 5) is 0. The Morgan fingerprint density at radius 2 is 1.74 bits per heavy atom. The third kappa shape index (κ3) is 5.45. The van der Waals surface area contributed by atoms with Crippen molar-refractivity contribution in [3.8, 4) is 5.75 Å². The molecule has 1 aromatic carbocycles. The molecule has 0 spiro atoms. The van der Waals surface area contributed by atoms with Crippen LogP contribution in [-0.4, -0.2) is 7.05 Å². The zero-order chi connectivity index (χ0) is 15.5. The SMILES string of the molecule is CC.CC.CCC(C)(NC)c1cccc(C)c1OS. The Labute approximate surface area is 125 Å². The fourth-order valence-corrected chi connectivity index (χ4v) is 1.95. The van der Waals surface area contributed by atoms with Crippen molar-refractivity contribution in [2.75, 3.05) is 7.05 Å². The molecule has 3 heteroatoms. The Morgan fingerprint density at radius 3 is 2.11 bits per heavy atom. The van der Waals surface area contributed by atoms with Crippen molar-refractivity contribution in [1.29, 1.82) is 0 Å². The summed E-state index contributed by atoms with van der Waals surface area (Å²) in [6.45, 7) is 14.3. The van der Waals surface area contributed by atoms with Gasteiger partial charge in [-0.3, -0.25) is 0 Å². The predicted molar refractivity (Wildman–Crippen MR) is 90.2 cm³/mol. The van der Waals surface area contributed by atoms with Gasteiger partial charge in [-0.1, -0.05) is 52.8 Å². The minimum atomic E-state index is -0.0654. The molecule has 0 aliphatic carbocycles. The van der Waals surface area contributed by atoms with Gasteiger partial charge >= 0.3 is 0 Å². The summed E-state index contributed by atoms with van der Waals surface area (Å²) in [5.74, 6) is 0.861. The van der Waals surface area contributed by atoms with E-state index in [0.29, 0.717) is 0 Å². The number of aryl methyl sites for hydroxylation is 1. The van der Waals surface area contributed by atoms with Gasteiger partial charge in [-0.25, -0.2) is 0 Å². The van der Waals surface area contributed by atoms with Crippen molar-refractivity contribution in [2.24, 2.45) is 0 Å². The summed E-state index contributed by atoms with van der Waals surface area (Å²) in [7, 11) is 1.97. The monoisotopic (exact) mass is 285 g/mol. The quantitative estimate of drug-likeness (QED) is 0.592. The van der Waals surface area contributed by atoms with Crippen LogP contribution in [0, 0.1) is 6.92 Å². The van der Waals surface area contributed by atoms with Crippen molar-refractivity contribution in [3.63, 3.8) is 0 Å². The van der Waals surface area contributed by atoms with E-state index in [-0.39, 0.29) is 5.54 Å². The molecule has 0 aliphatic rings. The highest BCUT2D eigenvalue weighted by Crippen LogP contribution is 2.34. The summed E-state index contributed by atoms with van der Waals surface area (Å²) in [6.07, 6.45) is 0.997. The van der Waals surface area contributed by atoms with Crippen molar-refractivity contribution >= 4 is 12.9 Å². The normalized spacial score (nSPS) is 12.3. The summed E-state index contributed by atoms with van der Waals surface area (Å²) < 4.78 is 5.18. The van der Waals surface area contributed by atoms with Gasteiger partial charge in [0.2, 0.25) is 0 Å². The molecule has 0 saturated carbocycles. The maximum absolute atomic E-state index is 5.18. The molecule has 0 saturated heterocycles. The number of rotatable bonds is 4. The van der Waals surface area contributed by atoms with Gasteiger partial charge in [0, 0.05) is 24.0 Å². The Bertz CT molecular complexity index is 336. The molecule has 19 heavy (non-hydrogen) atoms. The maximum atomic E-state index is 5.18. The van der Waals surface area contributed by atoms with E-state index in [1.807, 2.05) is 53.8 Å². The highest BCUT2D eigenvalue weighted by Gasteiger charge is 2.26. The average molecular weight is 285 g/mol. The fraction of sp³-hybridized carbons (Fsp3) is 0.625. The van der Waals surface area contributed by atoms with Crippen LogP contribution in [0.15, 0.2) is 18.2 Å². The second kappa shape index (κ2) is 11.2. The smallest absolute Gasteiger partial charge is 0.144 e. The van der Waals surface area contributed by atoms with E-state index in [9.17, 15) is 0 Å². The number of para-hydroxylation sites is 1. The third-order valence-electron chi connectivity index (χ3n) is 3.16. The third-order valence-corrected chi connectivity index (χ3v) is 3.34. The molecule has 0 amide bonds. The Morgan fingerprint density at radius 1 is 1.21 bits per heavy atom. The number of nitrogens with one attached hydrogen (secondary N) is 1. The van der Waals surface area contributed by atoms with Crippen molar-refractivity contribution in [1.82, 2.24) is 5.32 Å². The highest BCUT2D eigenvalue weighted by molar-refractivity contribution is 7.75. The number of hydrogen-bond donors (Lipinski definition) is 2. The van der Waals surface area contributed by atoms with Gasteiger partial charge in [0.05, 0.1) is 0 Å². The molecule has 112 valence electrons. The Kier molecular flexibility index (Phi) is 12.1. The van der Waals surface area contributed by atoms with E-state index >= 15 is 0 Å². The minimum absolute atomic E-state index is 0.0654. The number of thiol groups is 1. The van der Waals surface area contributed by atoms with Crippen LogP contribution in [0.25, 0.3) is 0 Å². The molecule has 1 atom stereocenters. The Hall–Kier alpha value is -0.670. The lowest BCUT2D eigenvalue weighted by atomic mass is 9.88. The zero-order valence-corrected chi connectivity index (χ0v) is 14.7. The van der Waals surface area contributed by atoms with Crippen molar-refractivity contribution in [2.45, 2.75) is 60.4 Å². The number of benzene rings is 1. The minimum Gasteiger partial charge on any atom is -0.428 e. The second-order valence-corrected chi connectivity index (χ2v) is 4.16. The van der Waals surface area contributed by atoms with E-state index in [4.69, 9.17) is 4.18 Å². The summed E-state index contributed by atoms with van der Waals surface area (Å²) >= 11 is 3.93. The Balaban J connectivity index is 0. The van der Waals surface area contributed by atoms with Crippen LogP contribution in [0.3, 0.4) is 0 Å². The number of hydrogen-bond acceptors (Lipinski definition) is 3. The van der Waals surface area contributed by atoms with Crippen LogP contribution < -0.4 is 9.50 Å². The highest BCUT2D eigenvalue weighted by atomic mass is 32.1. The molecule has 0 aliphatic heterocycles. The van der Waals surface area contributed by atoms with E-state index < -0.39 is 0 Å². The maximum Gasteiger partial charge on any atom is 0.144 e. The first-order valence-electron chi connectivity index (χ1n) is 7.19. The standard InChI is InChI=1S/C12H19NOS.2C2H6/c1-5-12(3,13-4)10-8-6-7-9(2)11(10)14-15;2*1-2/h6-8,13,15H,5H2,1-4H3;2*1-2H3. The van der Waals surface area contributed by atoms with Gasteiger partial charge in [0.1, 0.15) is 5.75 Å². The second-order valence-electron chi connectivity index (χ2n) is 3.98. The molecule has 2 nitrogen and oxygen atoms in total. The summed E-state index contributed by atoms with van der Waals surface area (Å²) in [5.41, 5.74) is 2.20. The summed E-state index contributed by atoms with van der Waals surface area (Å²) in [6, 6.07) is 6.16. The largest absolute Gasteiger partial charge is 0.428 e. The van der Waals surface area contributed by atoms with Crippen LogP contribution in [0.4, 0.5) is 0 Å². The lowest BCUT2D eigenvalue weighted by molar-refractivity contribution is 0.377. The molecule has 1 N–H and O–H groups in total. The molecule has 1 unspecified atom stereocenters. The lowest BCUT2D eigenvalue weighted by Gasteiger charge is -2.30. The summed E-state index contributed by atoms with van der Waals surface area (Å²) in [5, 5.41) is 3.33. The van der Waals surface area contributed by atoms with Gasteiger partial charge in [-0.05, 0) is 32.9 Å². The van der Waals surface area contributed by atoms with Gasteiger partial charge in [-0.2, -0.15) is 0 Å². The van der Waals surface area contributed by atoms with Gasteiger partial charge in [0.15, 0.2) is 0 Å². The molecule has 0 bridgehead atoms. The van der Waals surface area contributed by atoms with Crippen molar-refractivity contribution < 1.29 is 4.18 Å². The molecular formula is C16H31NOS. The first-order chi connectivity index (χ1) is 9.09. The van der Waals surface area contributed by atoms with Crippen LogP contribution in [0.1, 0.15) is 59.1 Å². The van der Waals surface area contributed by atoms with Gasteiger partial charge < -0.3 is 9.50 Å². The van der Waals surface area contributed by atoms with Crippen LogP contribution in [0.5, 0.6) is 5.75 Å². The van der Waals surface area contributed by atoms with E-state index in [2.05, 4.69) is 38.1 Å². The molecule has 0 fully saturated rings. The fourth-order valence-electron chi connectivity index (χ4n) is 1.71. The van der Waals surface area contributed by atoms with Gasteiger partial charge in [0.25, 0.3) is 0 Å². The van der Waals surface area contributed by atoms with Gasteiger partial charge in [-0.15, -0.1) is 0 Å². The van der Waals surface area contributed by atoms with Crippen LogP contribution in [-0.2, 0) is 5.54 Å². The predicted octanol–water partition coefficient (Wildman–Crippen LogP) is 5.12. The first kappa shape index (κ1) is 20.6. The molecule has 0 aromatic heterocycles. The molecule has 0 radical (unpaired) electrons. The van der Waals surface area contributed by atoms with E-state index in [0.717, 1.165) is 23.3 Å². The molecular weight excluding hydrogens is 254 g/mol. The van der Waals surface area contributed by atoms with Crippen molar-refractivity contribution in [3.05, 3.63) is 29.3 Å².